The number of terminal acetylenes is 1. The van der Waals surface area contributed by atoms with Crippen molar-refractivity contribution in [2.24, 2.45) is 5.92 Å². The highest BCUT2D eigenvalue weighted by Crippen LogP contribution is 2.33. The summed E-state index contributed by atoms with van der Waals surface area (Å²) in [5, 5.41) is 0. The van der Waals surface area contributed by atoms with E-state index in [0.717, 1.165) is 12.8 Å². The van der Waals surface area contributed by atoms with Crippen LogP contribution in [0.2, 0.25) is 0 Å². The Hall–Kier alpha value is -2.15. The number of ether oxygens (including phenoxy) is 2. The topological polar surface area (TPSA) is 38.8 Å². The second-order valence-corrected chi connectivity index (χ2v) is 4.87. The molecule has 1 aromatic rings. The molecule has 0 bridgehead atoms. The molecule has 0 heterocycles. The van der Waals surface area contributed by atoms with E-state index in [2.05, 4.69) is 5.92 Å². The smallest absolute Gasteiger partial charge is 0.262 e. The van der Waals surface area contributed by atoms with Crippen molar-refractivity contribution >= 4 is 5.91 Å². The normalized spacial score (nSPS) is 13.4. The Morgan fingerprint density at radius 1 is 1.35 bits per heavy atom. The van der Waals surface area contributed by atoms with E-state index < -0.39 is 0 Å². The molecule has 2 rings (SSSR count). The zero-order valence-electron chi connectivity index (χ0n) is 11.9. The second-order valence-electron chi connectivity index (χ2n) is 4.87. The lowest BCUT2D eigenvalue weighted by atomic mass is 10.1. The number of methoxy groups -OCH3 is 2. The van der Waals surface area contributed by atoms with E-state index in [1.165, 1.54) is 14.2 Å². The minimum atomic E-state index is -0.135. The molecule has 0 radical (unpaired) electrons. The molecule has 0 atom stereocenters. The first-order valence-electron chi connectivity index (χ1n) is 6.65. The lowest BCUT2D eigenvalue weighted by Crippen LogP contribution is -2.33. The fraction of sp³-hybridized carbons (Fsp3) is 0.438. The number of hydrogen-bond donors (Lipinski definition) is 0. The van der Waals surface area contributed by atoms with Gasteiger partial charge in [-0.1, -0.05) is 12.0 Å². The van der Waals surface area contributed by atoms with Crippen LogP contribution in [0.4, 0.5) is 0 Å². The molecule has 0 saturated heterocycles. The zero-order valence-corrected chi connectivity index (χ0v) is 11.9. The van der Waals surface area contributed by atoms with Crippen molar-refractivity contribution < 1.29 is 14.3 Å². The van der Waals surface area contributed by atoms with Crippen LogP contribution < -0.4 is 9.47 Å². The van der Waals surface area contributed by atoms with Gasteiger partial charge in [-0.15, -0.1) is 6.42 Å². The molecule has 20 heavy (non-hydrogen) atoms. The number of benzene rings is 1. The van der Waals surface area contributed by atoms with Crippen LogP contribution in [0, 0.1) is 18.3 Å². The van der Waals surface area contributed by atoms with Crippen LogP contribution >= 0.6 is 0 Å². The Kier molecular flexibility index (Phi) is 4.52. The highest BCUT2D eigenvalue weighted by Gasteiger charge is 2.29. The maximum atomic E-state index is 12.7. The molecule has 1 aromatic carbocycles. The molecule has 1 aliphatic carbocycles. The van der Waals surface area contributed by atoms with Gasteiger partial charge in [0.25, 0.3) is 5.91 Å². The van der Waals surface area contributed by atoms with Crippen LogP contribution in [0.25, 0.3) is 0 Å². The summed E-state index contributed by atoms with van der Waals surface area (Å²) in [5.41, 5.74) is 0.438. The quantitative estimate of drug-likeness (QED) is 0.746. The van der Waals surface area contributed by atoms with Gasteiger partial charge in [0, 0.05) is 6.54 Å². The largest absolute Gasteiger partial charge is 0.496 e. The fourth-order valence-corrected chi connectivity index (χ4v) is 2.16. The second kappa shape index (κ2) is 6.33. The van der Waals surface area contributed by atoms with E-state index in [9.17, 15) is 4.79 Å². The molecule has 0 aromatic heterocycles. The van der Waals surface area contributed by atoms with Gasteiger partial charge in [-0.3, -0.25) is 4.79 Å². The summed E-state index contributed by atoms with van der Waals surface area (Å²) in [5.74, 6) is 4.01. The highest BCUT2D eigenvalue weighted by atomic mass is 16.5. The summed E-state index contributed by atoms with van der Waals surface area (Å²) in [7, 11) is 3.08. The average Bonchev–Trinajstić information content (AvgIpc) is 3.29. The van der Waals surface area contributed by atoms with Crippen LogP contribution in [-0.4, -0.2) is 38.1 Å². The number of hydrogen-bond acceptors (Lipinski definition) is 3. The van der Waals surface area contributed by atoms with Crippen LogP contribution in [0.1, 0.15) is 23.2 Å². The van der Waals surface area contributed by atoms with Gasteiger partial charge in [0.15, 0.2) is 0 Å². The first kappa shape index (κ1) is 14.3. The van der Waals surface area contributed by atoms with Gasteiger partial charge >= 0.3 is 0 Å². The fourth-order valence-electron chi connectivity index (χ4n) is 2.16. The summed E-state index contributed by atoms with van der Waals surface area (Å²) in [6.45, 7) is 1.00. The van der Waals surface area contributed by atoms with Crippen molar-refractivity contribution in [2.75, 3.05) is 27.3 Å². The molecule has 1 saturated carbocycles. The van der Waals surface area contributed by atoms with E-state index in [0.29, 0.717) is 36.1 Å². The maximum Gasteiger partial charge on any atom is 0.262 e. The molecule has 0 unspecified atom stereocenters. The molecule has 1 amide bonds. The lowest BCUT2D eigenvalue weighted by Gasteiger charge is -2.22. The third kappa shape index (κ3) is 3.05. The first-order valence-corrected chi connectivity index (χ1v) is 6.65. The Labute approximate surface area is 119 Å². The summed E-state index contributed by atoms with van der Waals surface area (Å²) in [6.07, 6.45) is 7.70. The molecule has 4 nitrogen and oxygen atoms in total. The Morgan fingerprint density at radius 2 is 1.95 bits per heavy atom. The first-order chi connectivity index (χ1) is 9.71. The maximum absolute atomic E-state index is 12.7. The van der Waals surface area contributed by atoms with Gasteiger partial charge in [-0.2, -0.15) is 0 Å². The van der Waals surface area contributed by atoms with Gasteiger partial charge in [-0.05, 0) is 30.9 Å². The molecular formula is C16H19NO3. The lowest BCUT2D eigenvalue weighted by molar-refractivity contribution is 0.0763. The van der Waals surface area contributed by atoms with Crippen molar-refractivity contribution in [1.29, 1.82) is 0 Å². The van der Waals surface area contributed by atoms with Crippen molar-refractivity contribution in [3.63, 3.8) is 0 Å². The van der Waals surface area contributed by atoms with Crippen molar-refractivity contribution in [3.8, 4) is 23.8 Å². The number of amides is 1. The molecule has 0 N–H and O–H groups in total. The van der Waals surface area contributed by atoms with Gasteiger partial charge < -0.3 is 14.4 Å². The predicted octanol–water partition coefficient (Wildman–Crippen LogP) is 2.19. The number of carbonyl (C=O) groups excluding carboxylic acids is 1. The van der Waals surface area contributed by atoms with Gasteiger partial charge in [-0.25, -0.2) is 0 Å². The molecular weight excluding hydrogens is 254 g/mol. The molecule has 0 aliphatic heterocycles. The summed E-state index contributed by atoms with van der Waals surface area (Å²) in [6, 6.07) is 5.29. The van der Waals surface area contributed by atoms with Gasteiger partial charge in [0.2, 0.25) is 0 Å². The molecule has 4 heteroatoms. The SMILES string of the molecule is C#CCN(CC1CC1)C(=O)c1c(OC)cccc1OC. The number of rotatable bonds is 6. The number of carbonyl (C=O) groups is 1. The van der Waals surface area contributed by atoms with E-state index >= 15 is 0 Å². The van der Waals surface area contributed by atoms with Crippen LogP contribution in [0.5, 0.6) is 11.5 Å². The summed E-state index contributed by atoms with van der Waals surface area (Å²) >= 11 is 0. The summed E-state index contributed by atoms with van der Waals surface area (Å²) in [4.78, 5) is 14.4. The third-order valence-corrected chi connectivity index (χ3v) is 3.39. The minimum Gasteiger partial charge on any atom is -0.496 e. The molecule has 106 valence electrons. The van der Waals surface area contributed by atoms with E-state index in [4.69, 9.17) is 15.9 Å². The van der Waals surface area contributed by atoms with Gasteiger partial charge in [0.05, 0.1) is 20.8 Å². The van der Waals surface area contributed by atoms with Gasteiger partial charge in [0.1, 0.15) is 17.1 Å². The van der Waals surface area contributed by atoms with E-state index in [1.807, 2.05) is 0 Å². The molecule has 0 spiro atoms. The van der Waals surface area contributed by atoms with Crippen LogP contribution in [0.15, 0.2) is 18.2 Å². The standard InChI is InChI=1S/C16H19NO3/c1-4-10-17(11-12-8-9-12)16(18)15-13(19-2)6-5-7-14(15)20-3/h1,5-7,12H,8-11H2,2-3H3. The number of nitrogens with zero attached hydrogens (tertiary/aromatic N) is 1. The highest BCUT2D eigenvalue weighted by molar-refractivity contribution is 5.99. The summed E-state index contributed by atoms with van der Waals surface area (Å²) < 4.78 is 10.6. The monoisotopic (exact) mass is 273 g/mol. The molecule has 1 fully saturated rings. The average molecular weight is 273 g/mol. The minimum absolute atomic E-state index is 0.135. The van der Waals surface area contributed by atoms with E-state index in [1.54, 1.807) is 23.1 Å². The van der Waals surface area contributed by atoms with Crippen LogP contribution in [0.3, 0.4) is 0 Å². The Morgan fingerprint density at radius 3 is 2.40 bits per heavy atom. The zero-order chi connectivity index (χ0) is 14.5. The van der Waals surface area contributed by atoms with Crippen molar-refractivity contribution in [2.45, 2.75) is 12.8 Å². The van der Waals surface area contributed by atoms with Crippen molar-refractivity contribution in [1.82, 2.24) is 4.90 Å². The third-order valence-electron chi connectivity index (χ3n) is 3.39. The molecule has 1 aliphatic rings. The van der Waals surface area contributed by atoms with Crippen LogP contribution in [-0.2, 0) is 0 Å². The van der Waals surface area contributed by atoms with Crippen molar-refractivity contribution in [3.05, 3.63) is 23.8 Å². The predicted molar refractivity (Wildman–Crippen MR) is 77.0 cm³/mol. The van der Waals surface area contributed by atoms with E-state index in [-0.39, 0.29) is 5.91 Å². The Bertz CT molecular complexity index is 507. The Balaban J connectivity index is 2.31.